The number of carbonyl (C=O) groups excluding carboxylic acids is 2. The van der Waals surface area contributed by atoms with Gasteiger partial charge in [-0.2, -0.15) is 0 Å². The summed E-state index contributed by atoms with van der Waals surface area (Å²) in [6.45, 7) is -0.327. The van der Waals surface area contributed by atoms with Gasteiger partial charge in [-0.3, -0.25) is 14.9 Å². The van der Waals surface area contributed by atoms with E-state index in [4.69, 9.17) is 4.74 Å². The largest absolute Gasteiger partial charge is 0.454 e. The molecule has 0 aromatic heterocycles. The second kappa shape index (κ2) is 9.78. The summed E-state index contributed by atoms with van der Waals surface area (Å²) in [4.78, 5) is 34.2. The first-order valence-corrected chi connectivity index (χ1v) is 9.75. The summed E-state index contributed by atoms with van der Waals surface area (Å²) in [5.74, 6) is -0.317. The third kappa shape index (κ3) is 5.85. The molecule has 1 fully saturated rings. The molecule has 1 aliphatic rings. The molecule has 0 heterocycles. The van der Waals surface area contributed by atoms with E-state index >= 15 is 0 Å². The van der Waals surface area contributed by atoms with Crippen molar-refractivity contribution in [3.05, 3.63) is 81.4 Å². The molecule has 150 valence electrons. The Kier molecular flexibility index (Phi) is 6.89. The standard InChI is InChI=1S/C23H23NO5/c25-22(20-11-9-19(10-12-20)18-4-2-1-3-5-18)16-29-23(26)15-8-17-6-13-21(14-7-17)24(27)28/h6-15,18H,1-5,16H2/b15-8+. The Morgan fingerprint density at radius 2 is 1.66 bits per heavy atom. The number of Topliss-reactive ketones (excluding diaryl/α,β-unsaturated/α-hetero) is 1. The number of nitro groups is 1. The fourth-order valence-corrected chi connectivity index (χ4v) is 3.52. The maximum absolute atomic E-state index is 12.2. The maximum Gasteiger partial charge on any atom is 0.331 e. The molecule has 0 N–H and O–H groups in total. The van der Waals surface area contributed by atoms with E-state index in [1.807, 2.05) is 12.1 Å². The zero-order valence-electron chi connectivity index (χ0n) is 16.1. The lowest BCUT2D eigenvalue weighted by Crippen LogP contribution is -2.13. The molecule has 0 unspecified atom stereocenters. The lowest BCUT2D eigenvalue weighted by atomic mass is 9.84. The van der Waals surface area contributed by atoms with E-state index in [0.29, 0.717) is 17.0 Å². The number of ether oxygens (including phenoxy) is 1. The molecule has 0 spiro atoms. The van der Waals surface area contributed by atoms with Gasteiger partial charge in [0.15, 0.2) is 12.4 Å². The van der Waals surface area contributed by atoms with Gasteiger partial charge in [-0.25, -0.2) is 4.79 Å². The predicted octanol–water partition coefficient (Wildman–Crippen LogP) is 5.08. The van der Waals surface area contributed by atoms with Gasteiger partial charge in [0.05, 0.1) is 4.92 Å². The van der Waals surface area contributed by atoms with E-state index in [9.17, 15) is 19.7 Å². The number of carbonyl (C=O) groups is 2. The lowest BCUT2D eigenvalue weighted by Gasteiger charge is -2.22. The summed E-state index contributed by atoms with van der Waals surface area (Å²) in [5.41, 5.74) is 2.39. The molecule has 6 heteroatoms. The molecule has 0 saturated heterocycles. The molecule has 0 amide bonds. The van der Waals surface area contributed by atoms with Crippen molar-refractivity contribution < 1.29 is 19.2 Å². The number of hydrogen-bond donors (Lipinski definition) is 0. The van der Waals surface area contributed by atoms with Crippen molar-refractivity contribution in [2.24, 2.45) is 0 Å². The maximum atomic E-state index is 12.2. The van der Waals surface area contributed by atoms with Gasteiger partial charge in [-0.05, 0) is 48.1 Å². The number of hydrogen-bond acceptors (Lipinski definition) is 5. The van der Waals surface area contributed by atoms with Crippen LogP contribution in [0, 0.1) is 10.1 Å². The molecule has 1 aliphatic carbocycles. The highest BCUT2D eigenvalue weighted by atomic mass is 16.6. The minimum absolute atomic E-state index is 0.0233. The quantitative estimate of drug-likeness (QED) is 0.215. The molecular weight excluding hydrogens is 370 g/mol. The predicted molar refractivity (Wildman–Crippen MR) is 110 cm³/mol. The van der Waals surface area contributed by atoms with Crippen LogP contribution < -0.4 is 0 Å². The third-order valence-electron chi connectivity index (χ3n) is 5.17. The monoisotopic (exact) mass is 393 g/mol. The van der Waals surface area contributed by atoms with Crippen molar-refractivity contribution in [2.75, 3.05) is 6.61 Å². The molecule has 0 aliphatic heterocycles. The van der Waals surface area contributed by atoms with Gasteiger partial charge in [0, 0.05) is 23.8 Å². The first-order chi connectivity index (χ1) is 14.0. The van der Waals surface area contributed by atoms with E-state index in [-0.39, 0.29) is 18.1 Å². The van der Waals surface area contributed by atoms with Crippen LogP contribution in [0.15, 0.2) is 54.6 Å². The number of nitro benzene ring substituents is 1. The minimum Gasteiger partial charge on any atom is -0.454 e. The van der Waals surface area contributed by atoms with Crippen LogP contribution in [0.5, 0.6) is 0 Å². The van der Waals surface area contributed by atoms with Gasteiger partial charge in [0.2, 0.25) is 0 Å². The Hall–Kier alpha value is -3.28. The summed E-state index contributed by atoms with van der Waals surface area (Å²) < 4.78 is 5.00. The molecule has 29 heavy (non-hydrogen) atoms. The summed E-state index contributed by atoms with van der Waals surface area (Å²) >= 11 is 0. The number of non-ortho nitro benzene ring substituents is 1. The Morgan fingerprint density at radius 1 is 1.00 bits per heavy atom. The van der Waals surface area contributed by atoms with E-state index in [1.54, 1.807) is 12.1 Å². The van der Waals surface area contributed by atoms with Gasteiger partial charge >= 0.3 is 5.97 Å². The van der Waals surface area contributed by atoms with Gasteiger partial charge in [-0.15, -0.1) is 0 Å². The molecule has 1 saturated carbocycles. The van der Waals surface area contributed by atoms with Crippen LogP contribution in [0.4, 0.5) is 5.69 Å². The van der Waals surface area contributed by atoms with Crippen LogP contribution in [0.3, 0.4) is 0 Å². The van der Waals surface area contributed by atoms with Gasteiger partial charge in [-0.1, -0.05) is 43.5 Å². The molecule has 0 atom stereocenters. The summed E-state index contributed by atoms with van der Waals surface area (Å²) in [7, 11) is 0. The van der Waals surface area contributed by atoms with Crippen molar-refractivity contribution in [1.29, 1.82) is 0 Å². The van der Waals surface area contributed by atoms with Crippen LogP contribution in [0.2, 0.25) is 0 Å². The summed E-state index contributed by atoms with van der Waals surface area (Å²) in [6.07, 6.45) is 8.90. The zero-order valence-corrected chi connectivity index (χ0v) is 16.1. The Labute approximate surface area is 169 Å². The topological polar surface area (TPSA) is 86.5 Å². The average Bonchev–Trinajstić information content (AvgIpc) is 2.77. The van der Waals surface area contributed by atoms with Crippen LogP contribution in [-0.4, -0.2) is 23.3 Å². The summed E-state index contributed by atoms with van der Waals surface area (Å²) in [5, 5.41) is 10.6. The van der Waals surface area contributed by atoms with Crippen LogP contribution >= 0.6 is 0 Å². The highest BCUT2D eigenvalue weighted by Crippen LogP contribution is 2.32. The third-order valence-corrected chi connectivity index (χ3v) is 5.17. The Bertz CT molecular complexity index is 894. The van der Waals surface area contributed by atoms with Crippen LogP contribution in [0.25, 0.3) is 6.08 Å². The molecule has 3 rings (SSSR count). The number of benzene rings is 2. The first-order valence-electron chi connectivity index (χ1n) is 9.75. The normalized spacial score (nSPS) is 14.6. The van der Waals surface area contributed by atoms with Crippen molar-refractivity contribution in [1.82, 2.24) is 0 Å². The van der Waals surface area contributed by atoms with Crippen molar-refractivity contribution in [2.45, 2.75) is 38.0 Å². The molecule has 0 radical (unpaired) electrons. The van der Waals surface area contributed by atoms with Crippen LogP contribution in [-0.2, 0) is 9.53 Å². The van der Waals surface area contributed by atoms with E-state index in [1.165, 1.54) is 74.1 Å². The molecule has 2 aromatic rings. The van der Waals surface area contributed by atoms with Crippen LogP contribution in [0.1, 0.15) is 59.5 Å². The van der Waals surface area contributed by atoms with Gasteiger partial charge < -0.3 is 4.74 Å². The van der Waals surface area contributed by atoms with Crippen molar-refractivity contribution in [3.63, 3.8) is 0 Å². The average molecular weight is 393 g/mol. The van der Waals surface area contributed by atoms with E-state index in [0.717, 1.165) is 0 Å². The summed E-state index contributed by atoms with van der Waals surface area (Å²) in [6, 6.07) is 13.4. The number of rotatable bonds is 7. The zero-order chi connectivity index (χ0) is 20.6. The molecular formula is C23H23NO5. The smallest absolute Gasteiger partial charge is 0.331 e. The molecule has 0 bridgehead atoms. The number of esters is 1. The highest BCUT2D eigenvalue weighted by Gasteiger charge is 2.16. The van der Waals surface area contributed by atoms with E-state index in [2.05, 4.69) is 0 Å². The second-order valence-corrected chi connectivity index (χ2v) is 7.17. The van der Waals surface area contributed by atoms with Gasteiger partial charge in [0.1, 0.15) is 0 Å². The number of nitrogens with zero attached hydrogens (tertiary/aromatic N) is 1. The fourth-order valence-electron chi connectivity index (χ4n) is 3.52. The second-order valence-electron chi connectivity index (χ2n) is 7.17. The fraction of sp³-hybridized carbons (Fsp3) is 0.304. The van der Waals surface area contributed by atoms with Gasteiger partial charge in [0.25, 0.3) is 5.69 Å². The lowest BCUT2D eigenvalue weighted by molar-refractivity contribution is -0.384. The molecule has 2 aromatic carbocycles. The Balaban J connectivity index is 1.49. The SMILES string of the molecule is O=C(/C=C/c1ccc([N+](=O)[O-])cc1)OCC(=O)c1ccc(C2CCCCC2)cc1. The van der Waals surface area contributed by atoms with Crippen molar-refractivity contribution in [3.8, 4) is 0 Å². The highest BCUT2D eigenvalue weighted by molar-refractivity contribution is 5.98. The Morgan fingerprint density at radius 3 is 2.28 bits per heavy atom. The number of ketones is 1. The van der Waals surface area contributed by atoms with E-state index < -0.39 is 10.9 Å². The van der Waals surface area contributed by atoms with Crippen molar-refractivity contribution >= 4 is 23.5 Å². The molecule has 6 nitrogen and oxygen atoms in total. The minimum atomic E-state index is -0.643. The first kappa shape index (κ1) is 20.5.